The van der Waals surface area contributed by atoms with Crippen molar-refractivity contribution in [3.63, 3.8) is 0 Å². The summed E-state index contributed by atoms with van der Waals surface area (Å²) >= 11 is 0. The lowest BCUT2D eigenvalue weighted by Gasteiger charge is -2.70. The Bertz CT molecular complexity index is 1190. The summed E-state index contributed by atoms with van der Waals surface area (Å²) in [5, 5.41) is 10.6. The third kappa shape index (κ3) is 2.71. The second-order valence-electron chi connectivity index (χ2n) is 14.6. The number of hydrogen-bond donors (Lipinski definition) is 1. The Morgan fingerprint density at radius 1 is 1.06 bits per heavy atom. The summed E-state index contributed by atoms with van der Waals surface area (Å²) in [6.45, 7) is 17.1. The average molecular weight is 488 g/mol. The van der Waals surface area contributed by atoms with Gasteiger partial charge < -0.3 is 5.11 Å². The number of fused-ring (bicyclic) bond motifs is 8. The van der Waals surface area contributed by atoms with E-state index in [0.29, 0.717) is 24.2 Å². The number of allylic oxidation sites excluding steroid dienone is 4. The molecule has 36 heavy (non-hydrogen) atoms. The van der Waals surface area contributed by atoms with Gasteiger partial charge in [-0.15, -0.1) is 0 Å². The highest BCUT2D eigenvalue weighted by Crippen LogP contribution is 2.75. The van der Waals surface area contributed by atoms with Crippen LogP contribution < -0.4 is 0 Å². The summed E-state index contributed by atoms with van der Waals surface area (Å²) in [5.41, 5.74) is 5.52. The molecule has 194 valence electrons. The molecule has 3 heteroatoms. The van der Waals surface area contributed by atoms with Crippen molar-refractivity contribution < 1.29 is 9.90 Å². The fourth-order valence-electron chi connectivity index (χ4n) is 11.0. The zero-order valence-electron chi connectivity index (χ0n) is 23.4. The van der Waals surface area contributed by atoms with Gasteiger partial charge in [0.15, 0.2) is 0 Å². The van der Waals surface area contributed by atoms with Crippen LogP contribution >= 0.6 is 0 Å². The first-order valence-corrected chi connectivity index (χ1v) is 14.4. The van der Waals surface area contributed by atoms with E-state index in [-0.39, 0.29) is 27.6 Å². The Morgan fingerprint density at radius 2 is 1.81 bits per heavy atom. The van der Waals surface area contributed by atoms with Crippen LogP contribution in [0.15, 0.2) is 41.6 Å². The maximum absolute atomic E-state index is 12.9. The first-order valence-electron chi connectivity index (χ1n) is 14.4. The number of carboxylic acids is 1. The minimum atomic E-state index is -0.633. The number of nitrogens with zero attached hydrogens (tertiary/aromatic N) is 1. The van der Waals surface area contributed by atoms with Crippen LogP contribution in [-0.4, -0.2) is 16.1 Å². The van der Waals surface area contributed by atoms with E-state index in [1.165, 1.54) is 35.2 Å². The lowest BCUT2D eigenvalue weighted by atomic mass is 9.33. The fraction of sp³-hybridized carbons (Fsp3) is 0.697. The van der Waals surface area contributed by atoms with Gasteiger partial charge in [-0.2, -0.15) is 0 Å². The molecule has 6 rings (SSSR count). The largest absolute Gasteiger partial charge is 0.481 e. The summed E-state index contributed by atoms with van der Waals surface area (Å²) in [6.07, 6.45) is 13.9. The number of carboxylic acid groups (broad SMARTS) is 1. The predicted molar refractivity (Wildman–Crippen MR) is 145 cm³/mol. The Labute approximate surface area is 217 Å². The van der Waals surface area contributed by atoms with Gasteiger partial charge in [-0.3, -0.25) is 9.78 Å². The van der Waals surface area contributed by atoms with Crippen LogP contribution in [0.2, 0.25) is 0 Å². The average Bonchev–Trinajstić information content (AvgIpc) is 2.81. The van der Waals surface area contributed by atoms with Crippen LogP contribution in [0.3, 0.4) is 0 Å². The summed E-state index contributed by atoms with van der Waals surface area (Å²) < 4.78 is 0. The number of aliphatic carboxylic acids is 1. The first-order chi connectivity index (χ1) is 16.8. The molecule has 0 aromatic carbocycles. The molecule has 0 amide bonds. The molecule has 0 radical (unpaired) electrons. The van der Waals surface area contributed by atoms with Crippen LogP contribution in [0, 0.1) is 45.3 Å². The SMILES string of the molecule is CC1=CC[C@]2(C(=O)O)CC[C@]3(C)C(=CC[C@@H]4[C@@]5(C)Cc6cccnc6C(C)(C)[C@@H]5CC[C@]43C)[C@H]2[C@@H]1C. The zero-order valence-corrected chi connectivity index (χ0v) is 23.4. The molecular weight excluding hydrogens is 442 g/mol. The molecule has 1 heterocycles. The molecule has 1 N–H and O–H groups in total. The monoisotopic (exact) mass is 487 g/mol. The van der Waals surface area contributed by atoms with Crippen LogP contribution in [0.25, 0.3) is 0 Å². The minimum Gasteiger partial charge on any atom is -0.481 e. The molecule has 1 aromatic heterocycles. The molecule has 2 saturated carbocycles. The number of rotatable bonds is 1. The van der Waals surface area contributed by atoms with E-state index >= 15 is 0 Å². The number of pyridine rings is 1. The van der Waals surface area contributed by atoms with Gasteiger partial charge in [0.05, 0.1) is 5.41 Å². The van der Waals surface area contributed by atoms with Gasteiger partial charge in [-0.1, -0.05) is 70.9 Å². The van der Waals surface area contributed by atoms with Crippen LogP contribution in [0.5, 0.6) is 0 Å². The molecule has 5 aliphatic rings. The molecule has 0 bridgehead atoms. The minimum absolute atomic E-state index is 0.0543. The Morgan fingerprint density at radius 3 is 2.53 bits per heavy atom. The van der Waals surface area contributed by atoms with E-state index in [0.717, 1.165) is 25.7 Å². The molecule has 2 fully saturated rings. The van der Waals surface area contributed by atoms with E-state index in [2.05, 4.69) is 72.8 Å². The van der Waals surface area contributed by atoms with Crippen LogP contribution in [-0.2, 0) is 16.6 Å². The lowest BCUT2D eigenvalue weighted by molar-refractivity contribution is -0.172. The third-order valence-electron chi connectivity index (χ3n) is 13.2. The van der Waals surface area contributed by atoms with Crippen molar-refractivity contribution >= 4 is 5.97 Å². The third-order valence-corrected chi connectivity index (χ3v) is 13.2. The van der Waals surface area contributed by atoms with Gasteiger partial charge in [-0.25, -0.2) is 0 Å². The van der Waals surface area contributed by atoms with E-state index < -0.39 is 11.4 Å². The highest BCUT2D eigenvalue weighted by Gasteiger charge is 2.69. The molecule has 3 nitrogen and oxygen atoms in total. The lowest BCUT2D eigenvalue weighted by Crippen LogP contribution is -2.65. The second-order valence-corrected chi connectivity index (χ2v) is 14.6. The maximum atomic E-state index is 12.9. The van der Waals surface area contributed by atoms with Gasteiger partial charge >= 0.3 is 5.97 Å². The Kier molecular flexibility index (Phi) is 4.99. The molecule has 1 aromatic rings. The molecule has 0 saturated heterocycles. The van der Waals surface area contributed by atoms with E-state index in [1.807, 2.05) is 6.20 Å². The van der Waals surface area contributed by atoms with Crippen LogP contribution in [0.4, 0.5) is 0 Å². The normalized spacial score (nSPS) is 46.6. The Hall–Kier alpha value is -1.90. The van der Waals surface area contributed by atoms with Crippen molar-refractivity contribution in [2.24, 2.45) is 45.3 Å². The van der Waals surface area contributed by atoms with Gasteiger partial charge in [0.1, 0.15) is 0 Å². The van der Waals surface area contributed by atoms with E-state index in [1.54, 1.807) is 0 Å². The highest BCUT2D eigenvalue weighted by molar-refractivity contribution is 5.77. The van der Waals surface area contributed by atoms with Gasteiger partial charge in [0.2, 0.25) is 0 Å². The highest BCUT2D eigenvalue weighted by atomic mass is 16.4. The summed E-state index contributed by atoms with van der Waals surface area (Å²) in [7, 11) is 0. The summed E-state index contributed by atoms with van der Waals surface area (Å²) in [6, 6.07) is 4.44. The summed E-state index contributed by atoms with van der Waals surface area (Å²) in [5.74, 6) is 1.05. The smallest absolute Gasteiger partial charge is 0.310 e. The fourth-order valence-corrected chi connectivity index (χ4v) is 11.0. The molecular formula is C33H45NO2. The summed E-state index contributed by atoms with van der Waals surface area (Å²) in [4.78, 5) is 17.8. The predicted octanol–water partition coefficient (Wildman–Crippen LogP) is 7.76. The van der Waals surface area contributed by atoms with Crippen molar-refractivity contribution in [2.45, 2.75) is 98.8 Å². The number of hydrogen-bond acceptors (Lipinski definition) is 2. The van der Waals surface area contributed by atoms with Crippen molar-refractivity contribution in [1.82, 2.24) is 4.98 Å². The van der Waals surface area contributed by atoms with E-state index in [9.17, 15) is 9.90 Å². The van der Waals surface area contributed by atoms with Crippen molar-refractivity contribution in [2.75, 3.05) is 0 Å². The zero-order chi connectivity index (χ0) is 25.9. The van der Waals surface area contributed by atoms with Crippen molar-refractivity contribution in [3.05, 3.63) is 52.9 Å². The number of carbonyl (C=O) groups is 1. The molecule has 0 unspecified atom stereocenters. The van der Waals surface area contributed by atoms with Crippen LogP contribution in [0.1, 0.15) is 98.2 Å². The van der Waals surface area contributed by atoms with Crippen molar-refractivity contribution in [1.29, 1.82) is 0 Å². The molecule has 5 aliphatic carbocycles. The first kappa shape index (κ1) is 24.4. The van der Waals surface area contributed by atoms with Crippen molar-refractivity contribution in [3.8, 4) is 0 Å². The maximum Gasteiger partial charge on any atom is 0.310 e. The number of aromatic nitrogens is 1. The molecule has 0 spiro atoms. The topological polar surface area (TPSA) is 50.2 Å². The van der Waals surface area contributed by atoms with E-state index in [4.69, 9.17) is 4.98 Å². The van der Waals surface area contributed by atoms with Gasteiger partial charge in [0, 0.05) is 23.2 Å². The van der Waals surface area contributed by atoms with Gasteiger partial charge in [-0.05, 0) is 97.5 Å². The molecule has 8 atom stereocenters. The quantitative estimate of drug-likeness (QED) is 0.412. The Balaban J connectivity index is 1.49. The standard InChI is InChI=1S/C33H45NO2/c1-20-12-15-33(28(35)36)17-16-31(6)23(26(33)21(20)2)10-11-25-30(5)19-22-9-8-18-34-27(22)29(3,4)24(30)13-14-32(25,31)7/h8-10,12,18,21,24-26H,11,13-17,19H2,1-7H3,(H,35,36)/t21-,24+,25-,26-,30+,31-,32-,33+/m1/s1. The molecule has 0 aliphatic heterocycles. The second kappa shape index (κ2) is 7.35. The van der Waals surface area contributed by atoms with Gasteiger partial charge in [0.25, 0.3) is 0 Å².